The summed E-state index contributed by atoms with van der Waals surface area (Å²) in [7, 11) is 0. The molecule has 0 aliphatic carbocycles. The zero-order valence-corrected chi connectivity index (χ0v) is 10.6. The minimum Gasteiger partial charge on any atom is -0.381 e. The van der Waals surface area contributed by atoms with Crippen LogP contribution >= 0.6 is 0 Å². The largest absolute Gasteiger partial charge is 0.381 e. The first-order chi connectivity index (χ1) is 8.08. The molecule has 1 N–H and O–H groups in total. The Kier molecular flexibility index (Phi) is 3.82. The van der Waals surface area contributed by atoms with E-state index in [-0.39, 0.29) is 23.7 Å². The molecule has 2 aliphatic rings. The molecule has 0 bridgehead atoms. The second-order valence-corrected chi connectivity index (χ2v) is 5.64. The minimum atomic E-state index is -0.119. The highest BCUT2D eigenvalue weighted by molar-refractivity contribution is 5.99. The number of hydrogen-bond donors (Lipinski definition) is 1. The molecule has 0 aromatic heterocycles. The normalized spacial score (nSPS) is 34.2. The standard InChI is InChI=1S/C13H21NO3/c1-8(2)5-11-10(9-3-4-17-7-9)6-12(15)14-13(11)16/h8-11H,3-7H2,1-2H3,(H,14,15,16). The van der Waals surface area contributed by atoms with Crippen molar-refractivity contribution in [2.45, 2.75) is 33.1 Å². The maximum Gasteiger partial charge on any atom is 0.229 e. The Balaban J connectivity index is 2.11. The van der Waals surface area contributed by atoms with Gasteiger partial charge in [0.05, 0.1) is 0 Å². The Bertz CT molecular complexity index is 308. The summed E-state index contributed by atoms with van der Waals surface area (Å²) in [5.74, 6) is 0.830. The second kappa shape index (κ2) is 5.17. The molecule has 2 aliphatic heterocycles. The van der Waals surface area contributed by atoms with Gasteiger partial charge in [0.25, 0.3) is 0 Å². The van der Waals surface area contributed by atoms with Gasteiger partial charge in [0.15, 0.2) is 0 Å². The fourth-order valence-electron chi connectivity index (χ4n) is 3.01. The number of carbonyl (C=O) groups excluding carboxylic acids is 2. The fourth-order valence-corrected chi connectivity index (χ4v) is 3.01. The summed E-state index contributed by atoms with van der Waals surface area (Å²) in [4.78, 5) is 23.4. The first-order valence-corrected chi connectivity index (χ1v) is 6.49. The quantitative estimate of drug-likeness (QED) is 0.756. The number of ether oxygens (including phenoxy) is 1. The molecule has 17 heavy (non-hydrogen) atoms. The monoisotopic (exact) mass is 239 g/mol. The van der Waals surface area contributed by atoms with E-state index in [9.17, 15) is 9.59 Å². The molecule has 2 rings (SSSR count). The molecule has 2 fully saturated rings. The Morgan fingerprint density at radius 1 is 1.41 bits per heavy atom. The van der Waals surface area contributed by atoms with Crippen molar-refractivity contribution in [1.29, 1.82) is 0 Å². The van der Waals surface area contributed by atoms with Crippen molar-refractivity contribution < 1.29 is 14.3 Å². The van der Waals surface area contributed by atoms with Crippen LogP contribution in [0.25, 0.3) is 0 Å². The number of rotatable bonds is 3. The third kappa shape index (κ3) is 2.86. The van der Waals surface area contributed by atoms with Crippen molar-refractivity contribution in [3.8, 4) is 0 Å². The molecule has 0 saturated carbocycles. The summed E-state index contributed by atoms with van der Waals surface area (Å²) in [6.45, 7) is 5.71. The Labute approximate surface area is 102 Å². The predicted molar refractivity (Wildman–Crippen MR) is 63.1 cm³/mol. The third-order valence-electron chi connectivity index (χ3n) is 3.83. The summed E-state index contributed by atoms with van der Waals surface area (Å²) in [6, 6.07) is 0. The van der Waals surface area contributed by atoms with E-state index < -0.39 is 0 Å². The van der Waals surface area contributed by atoms with E-state index in [1.165, 1.54) is 0 Å². The van der Waals surface area contributed by atoms with Crippen molar-refractivity contribution >= 4 is 11.8 Å². The lowest BCUT2D eigenvalue weighted by Gasteiger charge is -2.34. The van der Waals surface area contributed by atoms with Crippen molar-refractivity contribution in [1.82, 2.24) is 5.32 Å². The van der Waals surface area contributed by atoms with E-state index in [0.29, 0.717) is 24.9 Å². The molecule has 3 unspecified atom stereocenters. The lowest BCUT2D eigenvalue weighted by Crippen LogP contribution is -2.48. The van der Waals surface area contributed by atoms with E-state index >= 15 is 0 Å². The maximum atomic E-state index is 11.9. The van der Waals surface area contributed by atoms with E-state index in [0.717, 1.165) is 19.4 Å². The van der Waals surface area contributed by atoms with E-state index in [4.69, 9.17) is 4.74 Å². The van der Waals surface area contributed by atoms with Crippen LogP contribution in [-0.2, 0) is 14.3 Å². The SMILES string of the molecule is CC(C)CC1C(=O)NC(=O)CC1C1CCOC1. The van der Waals surface area contributed by atoms with Crippen molar-refractivity contribution in [3.63, 3.8) is 0 Å². The number of imide groups is 1. The molecule has 2 amide bonds. The molecule has 96 valence electrons. The summed E-state index contributed by atoms with van der Waals surface area (Å²) < 4.78 is 5.39. The summed E-state index contributed by atoms with van der Waals surface area (Å²) in [6.07, 6.45) is 2.33. The van der Waals surface area contributed by atoms with Crippen LogP contribution in [0.1, 0.15) is 33.1 Å². The van der Waals surface area contributed by atoms with Crippen LogP contribution in [0.4, 0.5) is 0 Å². The number of piperidine rings is 1. The predicted octanol–water partition coefficient (Wildman–Crippen LogP) is 1.35. The molecule has 3 atom stereocenters. The third-order valence-corrected chi connectivity index (χ3v) is 3.83. The van der Waals surface area contributed by atoms with Crippen LogP contribution in [-0.4, -0.2) is 25.0 Å². The lowest BCUT2D eigenvalue weighted by molar-refractivity contribution is -0.140. The van der Waals surface area contributed by atoms with Gasteiger partial charge >= 0.3 is 0 Å². The molecular weight excluding hydrogens is 218 g/mol. The molecule has 0 aromatic rings. The van der Waals surface area contributed by atoms with Crippen LogP contribution in [0.15, 0.2) is 0 Å². The highest BCUT2D eigenvalue weighted by atomic mass is 16.5. The summed E-state index contributed by atoms with van der Waals surface area (Å²) in [5.41, 5.74) is 0. The molecular formula is C13H21NO3. The maximum absolute atomic E-state index is 11.9. The molecule has 0 radical (unpaired) electrons. The van der Waals surface area contributed by atoms with Crippen molar-refractivity contribution in [2.24, 2.45) is 23.7 Å². The molecule has 2 saturated heterocycles. The minimum absolute atomic E-state index is 0.0144. The second-order valence-electron chi connectivity index (χ2n) is 5.64. The Morgan fingerprint density at radius 3 is 2.76 bits per heavy atom. The smallest absolute Gasteiger partial charge is 0.229 e. The summed E-state index contributed by atoms with van der Waals surface area (Å²) in [5, 5.41) is 2.47. The van der Waals surface area contributed by atoms with Gasteiger partial charge in [0, 0.05) is 25.6 Å². The average Bonchev–Trinajstić information content (AvgIpc) is 2.74. The van der Waals surface area contributed by atoms with Gasteiger partial charge < -0.3 is 4.74 Å². The van der Waals surface area contributed by atoms with Crippen LogP contribution < -0.4 is 5.32 Å². The number of nitrogens with one attached hydrogen (secondary N) is 1. The van der Waals surface area contributed by atoms with Crippen molar-refractivity contribution in [2.75, 3.05) is 13.2 Å². The lowest BCUT2D eigenvalue weighted by atomic mass is 9.73. The van der Waals surface area contributed by atoms with Gasteiger partial charge in [-0.25, -0.2) is 0 Å². The van der Waals surface area contributed by atoms with E-state index in [1.807, 2.05) is 0 Å². The summed E-state index contributed by atoms with van der Waals surface area (Å²) >= 11 is 0. The van der Waals surface area contributed by atoms with Gasteiger partial charge in [-0.15, -0.1) is 0 Å². The highest BCUT2D eigenvalue weighted by Gasteiger charge is 2.41. The fraction of sp³-hybridized carbons (Fsp3) is 0.846. The number of carbonyl (C=O) groups is 2. The van der Waals surface area contributed by atoms with Crippen LogP contribution in [0.2, 0.25) is 0 Å². The van der Waals surface area contributed by atoms with Crippen LogP contribution in [0, 0.1) is 23.7 Å². The van der Waals surface area contributed by atoms with Gasteiger partial charge in [-0.3, -0.25) is 14.9 Å². The molecule has 0 aromatic carbocycles. The molecule has 4 heteroatoms. The van der Waals surface area contributed by atoms with Gasteiger partial charge in [0.2, 0.25) is 11.8 Å². The van der Waals surface area contributed by atoms with Gasteiger partial charge in [-0.2, -0.15) is 0 Å². The number of hydrogen-bond acceptors (Lipinski definition) is 3. The van der Waals surface area contributed by atoms with Gasteiger partial charge in [-0.1, -0.05) is 13.8 Å². The van der Waals surface area contributed by atoms with Gasteiger partial charge in [0.1, 0.15) is 0 Å². The molecule has 0 spiro atoms. The zero-order chi connectivity index (χ0) is 12.4. The van der Waals surface area contributed by atoms with E-state index in [1.54, 1.807) is 0 Å². The molecule has 4 nitrogen and oxygen atoms in total. The van der Waals surface area contributed by atoms with Crippen molar-refractivity contribution in [3.05, 3.63) is 0 Å². The Morgan fingerprint density at radius 2 is 2.18 bits per heavy atom. The highest BCUT2D eigenvalue weighted by Crippen LogP contribution is 2.36. The van der Waals surface area contributed by atoms with Crippen LogP contribution in [0.5, 0.6) is 0 Å². The first-order valence-electron chi connectivity index (χ1n) is 6.49. The number of amides is 2. The zero-order valence-electron chi connectivity index (χ0n) is 10.6. The average molecular weight is 239 g/mol. The molecule has 2 heterocycles. The first kappa shape index (κ1) is 12.6. The Hall–Kier alpha value is -0.900. The van der Waals surface area contributed by atoms with Gasteiger partial charge in [-0.05, 0) is 30.6 Å². The topological polar surface area (TPSA) is 55.4 Å². The van der Waals surface area contributed by atoms with E-state index in [2.05, 4.69) is 19.2 Å². The van der Waals surface area contributed by atoms with Crippen LogP contribution in [0.3, 0.4) is 0 Å².